The molecular formula is C15H21ClN2O2. The predicted molar refractivity (Wildman–Crippen MR) is 80.1 cm³/mol. The minimum absolute atomic E-state index is 0.226. The summed E-state index contributed by atoms with van der Waals surface area (Å²) in [6.07, 6.45) is 0.226. The van der Waals surface area contributed by atoms with E-state index in [2.05, 4.69) is 22.8 Å². The Hall–Kier alpha value is -1.10. The SMILES string of the molecule is CC(c1cccc(Cl)c1)N1CCN(CCC(=O)O)CC1. The van der Waals surface area contributed by atoms with E-state index in [1.54, 1.807) is 0 Å². The summed E-state index contributed by atoms with van der Waals surface area (Å²) in [5, 5.41) is 9.48. The van der Waals surface area contributed by atoms with Crippen LogP contribution in [0, 0.1) is 0 Å². The molecule has 1 aromatic rings. The van der Waals surface area contributed by atoms with E-state index < -0.39 is 5.97 Å². The quantitative estimate of drug-likeness (QED) is 0.907. The molecule has 1 aliphatic heterocycles. The molecule has 0 aliphatic carbocycles. The molecule has 1 fully saturated rings. The van der Waals surface area contributed by atoms with Gasteiger partial charge in [0.25, 0.3) is 0 Å². The second-order valence-electron chi connectivity index (χ2n) is 5.25. The van der Waals surface area contributed by atoms with Crippen molar-refractivity contribution in [2.24, 2.45) is 0 Å². The van der Waals surface area contributed by atoms with Crippen LogP contribution in [0.2, 0.25) is 5.02 Å². The van der Waals surface area contributed by atoms with Crippen LogP contribution in [-0.2, 0) is 4.79 Å². The molecule has 4 nitrogen and oxygen atoms in total. The van der Waals surface area contributed by atoms with Crippen LogP contribution in [0.1, 0.15) is 24.9 Å². The molecule has 1 atom stereocenters. The summed E-state index contributed by atoms with van der Waals surface area (Å²) < 4.78 is 0. The van der Waals surface area contributed by atoms with Gasteiger partial charge in [-0.2, -0.15) is 0 Å². The first-order valence-electron chi connectivity index (χ1n) is 7.00. The number of nitrogens with zero attached hydrogens (tertiary/aromatic N) is 2. The van der Waals surface area contributed by atoms with Crippen molar-refractivity contribution in [3.63, 3.8) is 0 Å². The molecule has 5 heteroatoms. The summed E-state index contributed by atoms with van der Waals surface area (Å²) >= 11 is 6.04. The van der Waals surface area contributed by atoms with Crippen molar-refractivity contribution in [3.05, 3.63) is 34.9 Å². The van der Waals surface area contributed by atoms with Crippen LogP contribution in [0.15, 0.2) is 24.3 Å². The number of carboxylic acid groups (broad SMARTS) is 1. The normalized spacial score (nSPS) is 18.9. The molecular weight excluding hydrogens is 276 g/mol. The zero-order valence-electron chi connectivity index (χ0n) is 11.8. The molecule has 0 amide bonds. The Labute approximate surface area is 124 Å². The van der Waals surface area contributed by atoms with Gasteiger partial charge in [0.15, 0.2) is 0 Å². The second-order valence-corrected chi connectivity index (χ2v) is 5.69. The number of hydrogen-bond acceptors (Lipinski definition) is 3. The molecule has 1 N–H and O–H groups in total. The number of benzene rings is 1. The first-order valence-corrected chi connectivity index (χ1v) is 7.37. The van der Waals surface area contributed by atoms with Gasteiger partial charge in [0, 0.05) is 43.8 Å². The maximum atomic E-state index is 10.6. The third kappa shape index (κ3) is 4.20. The van der Waals surface area contributed by atoms with Gasteiger partial charge in [0.2, 0.25) is 0 Å². The molecule has 1 aliphatic rings. The van der Waals surface area contributed by atoms with E-state index in [-0.39, 0.29) is 6.42 Å². The fourth-order valence-electron chi connectivity index (χ4n) is 2.61. The molecule has 110 valence electrons. The molecule has 1 unspecified atom stereocenters. The second kappa shape index (κ2) is 7.07. The van der Waals surface area contributed by atoms with Crippen molar-refractivity contribution in [1.29, 1.82) is 0 Å². The zero-order chi connectivity index (χ0) is 14.5. The van der Waals surface area contributed by atoms with Gasteiger partial charge in [0.05, 0.1) is 6.42 Å². The maximum absolute atomic E-state index is 10.6. The van der Waals surface area contributed by atoms with Crippen LogP contribution in [-0.4, -0.2) is 53.6 Å². The van der Waals surface area contributed by atoms with E-state index in [1.807, 2.05) is 18.2 Å². The van der Waals surface area contributed by atoms with Gasteiger partial charge < -0.3 is 10.0 Å². The Morgan fingerprint density at radius 1 is 1.35 bits per heavy atom. The monoisotopic (exact) mass is 296 g/mol. The minimum Gasteiger partial charge on any atom is -0.481 e. The van der Waals surface area contributed by atoms with Crippen molar-refractivity contribution >= 4 is 17.6 Å². The predicted octanol–water partition coefficient (Wildman–Crippen LogP) is 2.49. The van der Waals surface area contributed by atoms with Crippen LogP contribution in [0.25, 0.3) is 0 Å². The smallest absolute Gasteiger partial charge is 0.304 e. The van der Waals surface area contributed by atoms with Crippen molar-refractivity contribution in [2.75, 3.05) is 32.7 Å². The molecule has 0 radical (unpaired) electrons. The standard InChI is InChI=1S/C15H21ClN2O2/c1-12(13-3-2-4-14(16)11-13)18-9-7-17(8-10-18)6-5-15(19)20/h2-4,11-12H,5-10H2,1H3,(H,19,20). The zero-order valence-corrected chi connectivity index (χ0v) is 12.5. The topological polar surface area (TPSA) is 43.8 Å². The van der Waals surface area contributed by atoms with Crippen molar-refractivity contribution < 1.29 is 9.90 Å². The van der Waals surface area contributed by atoms with Crippen LogP contribution < -0.4 is 0 Å². The molecule has 0 aromatic heterocycles. The lowest BCUT2D eigenvalue weighted by Gasteiger charge is -2.38. The highest BCUT2D eigenvalue weighted by molar-refractivity contribution is 6.30. The first kappa shape index (κ1) is 15.3. The average molecular weight is 297 g/mol. The Balaban J connectivity index is 1.85. The van der Waals surface area contributed by atoms with Crippen molar-refractivity contribution in [2.45, 2.75) is 19.4 Å². The summed E-state index contributed by atoms with van der Waals surface area (Å²) in [5.41, 5.74) is 1.23. The third-order valence-corrected chi connectivity index (χ3v) is 4.16. The van der Waals surface area contributed by atoms with Gasteiger partial charge in [0.1, 0.15) is 0 Å². The van der Waals surface area contributed by atoms with E-state index in [1.165, 1.54) is 5.56 Å². The van der Waals surface area contributed by atoms with Crippen molar-refractivity contribution in [3.8, 4) is 0 Å². The van der Waals surface area contributed by atoms with Crippen LogP contribution >= 0.6 is 11.6 Å². The largest absolute Gasteiger partial charge is 0.481 e. The Bertz CT molecular complexity index is 459. The number of halogens is 1. The van der Waals surface area contributed by atoms with Gasteiger partial charge in [-0.25, -0.2) is 0 Å². The lowest BCUT2D eigenvalue weighted by atomic mass is 10.1. The Kier molecular flexibility index (Phi) is 5.40. The molecule has 20 heavy (non-hydrogen) atoms. The average Bonchev–Trinajstić information content (AvgIpc) is 2.45. The molecule has 0 spiro atoms. The fraction of sp³-hybridized carbons (Fsp3) is 0.533. The summed E-state index contributed by atoms with van der Waals surface area (Å²) in [5.74, 6) is -0.722. The number of hydrogen-bond donors (Lipinski definition) is 1. The van der Waals surface area contributed by atoms with Crippen molar-refractivity contribution in [1.82, 2.24) is 9.80 Å². The van der Waals surface area contributed by atoms with Crippen LogP contribution in [0.4, 0.5) is 0 Å². The first-order chi connectivity index (χ1) is 9.56. The van der Waals surface area contributed by atoms with E-state index in [4.69, 9.17) is 16.7 Å². The number of aliphatic carboxylic acids is 1. The molecule has 1 aromatic carbocycles. The molecule has 2 rings (SSSR count). The van der Waals surface area contributed by atoms with E-state index >= 15 is 0 Å². The molecule has 1 saturated heterocycles. The van der Waals surface area contributed by atoms with E-state index in [0.29, 0.717) is 12.6 Å². The highest BCUT2D eigenvalue weighted by Gasteiger charge is 2.22. The number of carbonyl (C=O) groups is 1. The molecule has 1 heterocycles. The number of piperazine rings is 1. The van der Waals surface area contributed by atoms with Gasteiger partial charge in [-0.05, 0) is 24.6 Å². The fourth-order valence-corrected chi connectivity index (χ4v) is 2.80. The summed E-state index contributed by atoms with van der Waals surface area (Å²) in [6.45, 7) is 6.63. The Morgan fingerprint density at radius 3 is 2.65 bits per heavy atom. The third-order valence-electron chi connectivity index (χ3n) is 3.93. The van der Waals surface area contributed by atoms with E-state index in [0.717, 1.165) is 31.2 Å². The summed E-state index contributed by atoms with van der Waals surface area (Å²) in [4.78, 5) is 15.2. The summed E-state index contributed by atoms with van der Waals surface area (Å²) in [6, 6.07) is 8.34. The van der Waals surface area contributed by atoms with Gasteiger partial charge in [-0.3, -0.25) is 9.69 Å². The van der Waals surface area contributed by atoms with Crippen LogP contribution in [0.5, 0.6) is 0 Å². The Morgan fingerprint density at radius 2 is 2.05 bits per heavy atom. The maximum Gasteiger partial charge on any atom is 0.304 e. The highest BCUT2D eigenvalue weighted by atomic mass is 35.5. The summed E-state index contributed by atoms with van der Waals surface area (Å²) in [7, 11) is 0. The van der Waals surface area contributed by atoms with Gasteiger partial charge in [-0.1, -0.05) is 23.7 Å². The minimum atomic E-state index is -0.722. The van der Waals surface area contributed by atoms with Gasteiger partial charge in [-0.15, -0.1) is 0 Å². The lowest BCUT2D eigenvalue weighted by Crippen LogP contribution is -2.47. The van der Waals surface area contributed by atoms with Gasteiger partial charge >= 0.3 is 5.97 Å². The van der Waals surface area contributed by atoms with E-state index in [9.17, 15) is 4.79 Å². The highest BCUT2D eigenvalue weighted by Crippen LogP contribution is 2.23. The molecule has 0 bridgehead atoms. The number of carboxylic acids is 1. The number of rotatable bonds is 5. The molecule has 0 saturated carbocycles. The lowest BCUT2D eigenvalue weighted by molar-refractivity contribution is -0.137. The van der Waals surface area contributed by atoms with Crippen LogP contribution in [0.3, 0.4) is 0 Å².